The zero-order valence-electron chi connectivity index (χ0n) is 16.3. The molecule has 0 unspecified atom stereocenters. The van der Waals surface area contributed by atoms with Crippen molar-refractivity contribution in [3.8, 4) is 5.75 Å². The molecule has 3 atom stereocenters. The fourth-order valence-electron chi connectivity index (χ4n) is 3.79. The number of hydrogen-bond donors (Lipinski definition) is 3. The molecule has 1 amide bonds. The van der Waals surface area contributed by atoms with Gasteiger partial charge in [-0.15, -0.1) is 0 Å². The Morgan fingerprint density at radius 2 is 1.79 bits per heavy atom. The lowest BCUT2D eigenvalue weighted by Gasteiger charge is -2.39. The number of carbonyl (C=O) groups excluding carboxylic acids is 2. The number of aliphatic hydroxyl groups is 1. The summed E-state index contributed by atoms with van der Waals surface area (Å²) >= 11 is 0. The number of benzene rings is 2. The summed E-state index contributed by atoms with van der Waals surface area (Å²) in [6.07, 6.45) is 0.459. The number of para-hydroxylation sites is 1. The molecule has 0 bridgehead atoms. The molecule has 29 heavy (non-hydrogen) atoms. The van der Waals surface area contributed by atoms with Crippen LogP contribution < -0.4 is 5.43 Å². The van der Waals surface area contributed by atoms with E-state index in [1.54, 1.807) is 19.1 Å². The van der Waals surface area contributed by atoms with Gasteiger partial charge in [0.1, 0.15) is 11.7 Å². The number of methoxy groups -OCH3 is 1. The largest absolute Gasteiger partial charge is 0.507 e. The van der Waals surface area contributed by atoms with Crippen molar-refractivity contribution in [2.45, 2.75) is 31.3 Å². The smallest absolute Gasteiger partial charge is 0.315 e. The minimum atomic E-state index is -1.11. The molecule has 3 rings (SSSR count). The molecular weight excluding hydrogens is 372 g/mol. The maximum Gasteiger partial charge on any atom is 0.315 e. The number of phenolic OH excluding ortho intramolecular Hbond substituents is 1. The Hall–Kier alpha value is -3.19. The Balaban J connectivity index is 1.95. The third kappa shape index (κ3) is 4.63. The molecule has 7 nitrogen and oxygen atoms in total. The highest BCUT2D eigenvalue weighted by molar-refractivity contribution is 6.05. The molecule has 152 valence electrons. The molecule has 7 heteroatoms. The van der Waals surface area contributed by atoms with E-state index in [1.807, 2.05) is 30.3 Å². The van der Waals surface area contributed by atoms with E-state index in [1.165, 1.54) is 19.2 Å². The second-order valence-electron chi connectivity index (χ2n) is 7.46. The average molecular weight is 396 g/mol. The fourth-order valence-corrected chi connectivity index (χ4v) is 3.79. The molecule has 0 aromatic heterocycles. The van der Waals surface area contributed by atoms with E-state index in [0.29, 0.717) is 12.1 Å². The highest BCUT2D eigenvalue weighted by atomic mass is 16.5. The lowest BCUT2D eigenvalue weighted by Crippen LogP contribution is -2.46. The van der Waals surface area contributed by atoms with Crippen molar-refractivity contribution in [3.05, 3.63) is 65.7 Å². The van der Waals surface area contributed by atoms with Crippen molar-refractivity contribution in [2.24, 2.45) is 11.0 Å². The Kier molecular flexibility index (Phi) is 5.98. The first-order valence-electron chi connectivity index (χ1n) is 9.32. The molecule has 0 spiro atoms. The number of nitrogens with one attached hydrogen (secondary N) is 1. The summed E-state index contributed by atoms with van der Waals surface area (Å²) in [6, 6.07) is 15.5. The highest BCUT2D eigenvalue weighted by Crippen LogP contribution is 2.41. The summed E-state index contributed by atoms with van der Waals surface area (Å²) in [5, 5.41) is 24.8. The molecule has 1 aliphatic carbocycles. The monoisotopic (exact) mass is 396 g/mol. The average Bonchev–Trinajstić information content (AvgIpc) is 2.71. The van der Waals surface area contributed by atoms with Gasteiger partial charge in [-0.1, -0.05) is 42.5 Å². The van der Waals surface area contributed by atoms with Gasteiger partial charge in [-0.3, -0.25) is 9.59 Å². The Morgan fingerprint density at radius 3 is 2.45 bits per heavy atom. The molecule has 2 aromatic rings. The van der Waals surface area contributed by atoms with Crippen LogP contribution in [0.5, 0.6) is 5.75 Å². The molecule has 0 radical (unpaired) electrons. The summed E-state index contributed by atoms with van der Waals surface area (Å²) in [4.78, 5) is 25.0. The number of hydrogen-bond acceptors (Lipinski definition) is 6. The van der Waals surface area contributed by atoms with Crippen LogP contribution in [0.15, 0.2) is 59.7 Å². The Labute approximate surface area is 169 Å². The van der Waals surface area contributed by atoms with Gasteiger partial charge in [-0.2, -0.15) is 5.10 Å². The van der Waals surface area contributed by atoms with Gasteiger partial charge in [0.05, 0.1) is 24.0 Å². The molecule has 1 aliphatic rings. The van der Waals surface area contributed by atoms with Crippen LogP contribution in [-0.2, 0) is 9.53 Å². The summed E-state index contributed by atoms with van der Waals surface area (Å²) in [6.45, 7) is 1.68. The number of nitrogens with zero attached hydrogens (tertiary/aromatic N) is 1. The van der Waals surface area contributed by atoms with Gasteiger partial charge in [0.25, 0.3) is 5.91 Å². The summed E-state index contributed by atoms with van der Waals surface area (Å²) < 4.78 is 5.00. The number of esters is 1. The molecule has 1 saturated carbocycles. The number of rotatable bonds is 4. The number of phenols is 1. The summed E-state index contributed by atoms with van der Waals surface area (Å²) in [5.74, 6) is -2.36. The number of ether oxygens (including phenoxy) is 1. The molecule has 3 N–H and O–H groups in total. The van der Waals surface area contributed by atoms with Crippen LogP contribution in [0.4, 0.5) is 0 Å². The topological polar surface area (TPSA) is 108 Å². The first kappa shape index (κ1) is 20.5. The van der Waals surface area contributed by atoms with Crippen LogP contribution in [0.2, 0.25) is 0 Å². The highest BCUT2D eigenvalue weighted by Gasteiger charge is 2.45. The number of hydrazone groups is 1. The standard InChI is InChI=1S/C22H24N2O5/c1-22(28)12-16(14-8-4-3-5-9-14)19(21(27)29-2)17(13-22)23-24-20(26)15-10-6-7-11-18(15)25/h3-11,16,19,25,28H,12-13H2,1-2H3,(H,24,26)/b23-17-/t16-,19+,22+/m1/s1. The van der Waals surface area contributed by atoms with E-state index in [-0.39, 0.29) is 23.7 Å². The Morgan fingerprint density at radius 1 is 1.14 bits per heavy atom. The quantitative estimate of drug-likeness (QED) is 0.544. The third-order valence-electron chi connectivity index (χ3n) is 5.12. The van der Waals surface area contributed by atoms with Gasteiger partial charge >= 0.3 is 5.97 Å². The van der Waals surface area contributed by atoms with Crippen LogP contribution in [0.25, 0.3) is 0 Å². The first-order chi connectivity index (χ1) is 13.8. The van der Waals surface area contributed by atoms with Crippen molar-refractivity contribution in [2.75, 3.05) is 7.11 Å². The minimum absolute atomic E-state index is 0.0636. The zero-order valence-corrected chi connectivity index (χ0v) is 16.3. The lowest BCUT2D eigenvalue weighted by atomic mass is 9.68. The van der Waals surface area contributed by atoms with E-state index in [4.69, 9.17) is 4.74 Å². The summed E-state index contributed by atoms with van der Waals surface area (Å²) in [5.41, 5.74) is 2.56. The molecule has 0 heterocycles. The summed E-state index contributed by atoms with van der Waals surface area (Å²) in [7, 11) is 1.30. The van der Waals surface area contributed by atoms with Crippen LogP contribution in [-0.4, -0.2) is 40.5 Å². The lowest BCUT2D eigenvalue weighted by molar-refractivity contribution is -0.144. The van der Waals surface area contributed by atoms with Gasteiger partial charge in [-0.05, 0) is 31.0 Å². The second-order valence-corrected chi connectivity index (χ2v) is 7.46. The molecule has 0 aliphatic heterocycles. The molecule has 0 saturated heterocycles. The van der Waals surface area contributed by atoms with Crippen molar-refractivity contribution >= 4 is 17.6 Å². The fraction of sp³-hybridized carbons (Fsp3) is 0.318. The minimum Gasteiger partial charge on any atom is -0.507 e. The van der Waals surface area contributed by atoms with Gasteiger partial charge in [0, 0.05) is 12.3 Å². The normalized spacial score (nSPS) is 25.4. The van der Waals surface area contributed by atoms with Crippen molar-refractivity contribution in [1.29, 1.82) is 0 Å². The molecular formula is C22H24N2O5. The van der Waals surface area contributed by atoms with Gasteiger partial charge in [0.2, 0.25) is 0 Å². The number of amides is 1. The zero-order chi connectivity index (χ0) is 21.0. The van der Waals surface area contributed by atoms with Crippen molar-refractivity contribution < 1.29 is 24.5 Å². The van der Waals surface area contributed by atoms with E-state index in [9.17, 15) is 19.8 Å². The van der Waals surface area contributed by atoms with Crippen molar-refractivity contribution in [1.82, 2.24) is 5.43 Å². The Bertz CT molecular complexity index is 924. The van der Waals surface area contributed by atoms with E-state index >= 15 is 0 Å². The molecule has 1 fully saturated rings. The van der Waals surface area contributed by atoms with Crippen molar-refractivity contribution in [3.63, 3.8) is 0 Å². The third-order valence-corrected chi connectivity index (χ3v) is 5.12. The second kappa shape index (κ2) is 8.45. The maximum absolute atomic E-state index is 12.6. The van der Waals surface area contributed by atoms with Crippen LogP contribution in [0.3, 0.4) is 0 Å². The molecule has 2 aromatic carbocycles. The van der Waals surface area contributed by atoms with E-state index in [0.717, 1.165) is 5.56 Å². The van der Waals surface area contributed by atoms with E-state index in [2.05, 4.69) is 10.5 Å². The maximum atomic E-state index is 12.6. The van der Waals surface area contributed by atoms with Crippen LogP contribution >= 0.6 is 0 Å². The first-order valence-corrected chi connectivity index (χ1v) is 9.32. The van der Waals surface area contributed by atoms with Gasteiger partial charge < -0.3 is 14.9 Å². The SMILES string of the molecule is COC(=O)[C@@H]1/C(=N\NC(=O)c2ccccc2O)C[C@@](C)(O)C[C@@H]1c1ccccc1. The van der Waals surface area contributed by atoms with Crippen LogP contribution in [0.1, 0.15) is 41.6 Å². The predicted molar refractivity (Wildman–Crippen MR) is 108 cm³/mol. The van der Waals surface area contributed by atoms with Gasteiger partial charge in [0.15, 0.2) is 0 Å². The predicted octanol–water partition coefficient (Wildman–Crippen LogP) is 2.60. The number of aromatic hydroxyl groups is 1. The van der Waals surface area contributed by atoms with Crippen LogP contribution in [0, 0.1) is 5.92 Å². The van der Waals surface area contributed by atoms with E-state index < -0.39 is 23.4 Å². The number of carbonyl (C=O) groups is 2. The van der Waals surface area contributed by atoms with Gasteiger partial charge in [-0.25, -0.2) is 5.43 Å².